The Hall–Kier alpha value is -4.00. The van der Waals surface area contributed by atoms with E-state index >= 15 is 0 Å². The molecule has 1 fully saturated rings. The Labute approximate surface area is 184 Å². The number of amides is 1. The first-order valence-electron chi connectivity index (χ1n) is 10.2. The van der Waals surface area contributed by atoms with Crippen LogP contribution >= 0.6 is 0 Å². The van der Waals surface area contributed by atoms with Crippen molar-refractivity contribution in [1.82, 2.24) is 9.88 Å². The fourth-order valence-corrected chi connectivity index (χ4v) is 3.78. The summed E-state index contributed by atoms with van der Waals surface area (Å²) in [5.41, 5.74) is 1.54. The van der Waals surface area contributed by atoms with Gasteiger partial charge in [-0.1, -0.05) is 18.2 Å². The van der Waals surface area contributed by atoms with E-state index in [0.29, 0.717) is 17.9 Å². The molecular formula is C25H21FN2O4. The van der Waals surface area contributed by atoms with E-state index in [-0.39, 0.29) is 23.4 Å². The number of hydrogen-bond donors (Lipinski definition) is 1. The molecule has 0 unspecified atom stereocenters. The lowest BCUT2D eigenvalue weighted by Crippen LogP contribution is -2.29. The van der Waals surface area contributed by atoms with Crippen LogP contribution < -0.4 is 4.74 Å². The molecule has 2 heterocycles. The molecule has 0 bridgehead atoms. The third-order valence-electron chi connectivity index (χ3n) is 5.22. The Bertz CT molecular complexity index is 1180. The number of ether oxygens (including phenoxy) is 1. The maximum Gasteiger partial charge on any atom is 0.295 e. The molecule has 6 nitrogen and oxygen atoms in total. The van der Waals surface area contributed by atoms with Crippen molar-refractivity contribution >= 4 is 17.4 Å². The van der Waals surface area contributed by atoms with Crippen LogP contribution in [0.1, 0.15) is 29.7 Å². The molecule has 1 aliphatic rings. The van der Waals surface area contributed by atoms with Crippen LogP contribution in [-0.2, 0) is 16.1 Å². The number of aromatic nitrogens is 1. The maximum absolute atomic E-state index is 13.4. The summed E-state index contributed by atoms with van der Waals surface area (Å²) in [5, 5.41) is 11.0. The van der Waals surface area contributed by atoms with Gasteiger partial charge in [0.2, 0.25) is 0 Å². The third-order valence-corrected chi connectivity index (χ3v) is 5.22. The van der Waals surface area contributed by atoms with Gasteiger partial charge < -0.3 is 14.7 Å². The predicted molar refractivity (Wildman–Crippen MR) is 116 cm³/mol. The van der Waals surface area contributed by atoms with Crippen molar-refractivity contribution in [3.63, 3.8) is 0 Å². The van der Waals surface area contributed by atoms with E-state index in [1.165, 1.54) is 29.2 Å². The van der Waals surface area contributed by atoms with E-state index < -0.39 is 23.5 Å². The number of Topliss-reactive ketones (excluding diaryl/α,β-unsaturated/α-hetero) is 1. The maximum atomic E-state index is 13.4. The van der Waals surface area contributed by atoms with Gasteiger partial charge in [-0.05, 0) is 60.5 Å². The lowest BCUT2D eigenvalue weighted by atomic mass is 9.95. The second kappa shape index (κ2) is 9.01. The number of hydrogen-bond acceptors (Lipinski definition) is 5. The van der Waals surface area contributed by atoms with E-state index in [2.05, 4.69) is 4.98 Å². The summed E-state index contributed by atoms with van der Waals surface area (Å²) < 4.78 is 19.0. The van der Waals surface area contributed by atoms with Gasteiger partial charge in [-0.2, -0.15) is 0 Å². The predicted octanol–water partition coefficient (Wildman–Crippen LogP) is 4.24. The zero-order valence-electron chi connectivity index (χ0n) is 17.4. The minimum Gasteiger partial charge on any atom is -0.507 e. The SMILES string of the molecule is CCOc1cccc([C@H]2C(=C(O)c3ccc(F)cc3)C(=O)C(=O)N2Cc2cccnc2)c1. The highest BCUT2D eigenvalue weighted by atomic mass is 19.1. The fraction of sp³-hybridized carbons (Fsp3) is 0.160. The number of carbonyl (C=O) groups excluding carboxylic acids is 2. The summed E-state index contributed by atoms with van der Waals surface area (Å²) in [6.07, 6.45) is 3.24. The summed E-state index contributed by atoms with van der Waals surface area (Å²) in [7, 11) is 0. The van der Waals surface area contributed by atoms with Crippen LogP contribution in [0.25, 0.3) is 5.76 Å². The van der Waals surface area contributed by atoms with Crippen LogP contribution in [0.3, 0.4) is 0 Å². The van der Waals surface area contributed by atoms with Crippen molar-refractivity contribution in [2.75, 3.05) is 6.61 Å². The normalized spacial score (nSPS) is 17.6. The topological polar surface area (TPSA) is 79.7 Å². The van der Waals surface area contributed by atoms with Crippen molar-refractivity contribution in [2.45, 2.75) is 19.5 Å². The quantitative estimate of drug-likeness (QED) is 0.358. The summed E-state index contributed by atoms with van der Waals surface area (Å²) in [5.74, 6) is -1.78. The first kappa shape index (κ1) is 21.2. The van der Waals surface area contributed by atoms with Gasteiger partial charge in [0.25, 0.3) is 11.7 Å². The van der Waals surface area contributed by atoms with E-state index in [1.54, 1.807) is 48.8 Å². The standard InChI is InChI=1S/C25H21FN2O4/c1-2-32-20-7-3-6-18(13-20)22-21(23(29)17-8-10-19(26)11-9-17)24(30)25(31)28(22)15-16-5-4-12-27-14-16/h3-14,22,29H,2,15H2,1H3/t22-/m0/s1. The molecule has 4 rings (SSSR count). The molecule has 1 aromatic heterocycles. The Morgan fingerprint density at radius 3 is 2.59 bits per heavy atom. The number of halogens is 1. The minimum atomic E-state index is -0.847. The third kappa shape index (κ3) is 4.09. The number of nitrogens with zero attached hydrogens (tertiary/aromatic N) is 2. The zero-order chi connectivity index (χ0) is 22.7. The highest BCUT2D eigenvalue weighted by molar-refractivity contribution is 6.46. The molecule has 32 heavy (non-hydrogen) atoms. The number of aliphatic hydroxyl groups is 1. The van der Waals surface area contributed by atoms with Crippen LogP contribution in [0.4, 0.5) is 4.39 Å². The van der Waals surface area contributed by atoms with Crippen LogP contribution in [0.15, 0.2) is 78.6 Å². The molecule has 162 valence electrons. The number of carbonyl (C=O) groups is 2. The molecule has 3 aromatic rings. The van der Waals surface area contributed by atoms with Crippen molar-refractivity contribution in [1.29, 1.82) is 0 Å². The smallest absolute Gasteiger partial charge is 0.295 e. The van der Waals surface area contributed by atoms with Gasteiger partial charge in [0.15, 0.2) is 0 Å². The lowest BCUT2D eigenvalue weighted by molar-refractivity contribution is -0.140. The second-order valence-corrected chi connectivity index (χ2v) is 7.30. The van der Waals surface area contributed by atoms with E-state index in [4.69, 9.17) is 4.74 Å². The number of likely N-dealkylation sites (tertiary alicyclic amines) is 1. The molecule has 1 aliphatic heterocycles. The summed E-state index contributed by atoms with van der Waals surface area (Å²) in [4.78, 5) is 31.6. The van der Waals surface area contributed by atoms with Gasteiger partial charge in [0, 0.05) is 24.5 Å². The summed E-state index contributed by atoms with van der Waals surface area (Å²) in [6.45, 7) is 2.44. The molecule has 1 amide bonds. The second-order valence-electron chi connectivity index (χ2n) is 7.30. The largest absolute Gasteiger partial charge is 0.507 e. The van der Waals surface area contributed by atoms with Crippen LogP contribution in [0.2, 0.25) is 0 Å². The van der Waals surface area contributed by atoms with Gasteiger partial charge in [-0.15, -0.1) is 0 Å². The zero-order valence-corrected chi connectivity index (χ0v) is 17.4. The molecule has 0 saturated carbocycles. The molecule has 7 heteroatoms. The summed E-state index contributed by atoms with van der Waals surface area (Å²) >= 11 is 0. The molecule has 1 atom stereocenters. The van der Waals surface area contributed by atoms with E-state index in [9.17, 15) is 19.1 Å². The van der Waals surface area contributed by atoms with Gasteiger partial charge in [0.05, 0.1) is 18.2 Å². The van der Waals surface area contributed by atoms with Crippen LogP contribution in [-0.4, -0.2) is 33.3 Å². The average Bonchev–Trinajstić information content (AvgIpc) is 3.05. The number of benzene rings is 2. The molecule has 0 radical (unpaired) electrons. The number of ketones is 1. The van der Waals surface area contributed by atoms with Gasteiger partial charge in [-0.3, -0.25) is 14.6 Å². The molecule has 2 aromatic carbocycles. The summed E-state index contributed by atoms with van der Waals surface area (Å²) in [6, 6.07) is 14.9. The Morgan fingerprint density at radius 2 is 1.91 bits per heavy atom. The highest BCUT2D eigenvalue weighted by Crippen LogP contribution is 2.41. The van der Waals surface area contributed by atoms with Gasteiger partial charge >= 0.3 is 0 Å². The van der Waals surface area contributed by atoms with Gasteiger partial charge in [0.1, 0.15) is 17.3 Å². The van der Waals surface area contributed by atoms with E-state index in [0.717, 1.165) is 5.56 Å². The van der Waals surface area contributed by atoms with Crippen LogP contribution in [0.5, 0.6) is 5.75 Å². The van der Waals surface area contributed by atoms with Crippen molar-refractivity contribution < 1.29 is 23.8 Å². The first-order valence-corrected chi connectivity index (χ1v) is 10.2. The van der Waals surface area contributed by atoms with Crippen molar-refractivity contribution in [3.8, 4) is 5.75 Å². The molecular weight excluding hydrogens is 411 g/mol. The average molecular weight is 432 g/mol. The van der Waals surface area contributed by atoms with E-state index in [1.807, 2.05) is 6.92 Å². The monoisotopic (exact) mass is 432 g/mol. The highest BCUT2D eigenvalue weighted by Gasteiger charge is 2.46. The Kier molecular flexibility index (Phi) is 5.98. The molecule has 1 saturated heterocycles. The minimum absolute atomic E-state index is 0.0563. The molecule has 0 aliphatic carbocycles. The van der Waals surface area contributed by atoms with Crippen molar-refractivity contribution in [3.05, 3.63) is 101 Å². The Balaban J connectivity index is 1.86. The lowest BCUT2D eigenvalue weighted by Gasteiger charge is -2.25. The number of aliphatic hydroxyl groups excluding tert-OH is 1. The Morgan fingerprint density at radius 1 is 1.12 bits per heavy atom. The van der Waals surface area contributed by atoms with Crippen LogP contribution in [0, 0.1) is 5.82 Å². The molecule has 0 spiro atoms. The first-order chi connectivity index (χ1) is 15.5. The molecule has 1 N–H and O–H groups in total. The fourth-order valence-electron chi connectivity index (χ4n) is 3.78. The van der Waals surface area contributed by atoms with Gasteiger partial charge in [-0.25, -0.2) is 4.39 Å². The van der Waals surface area contributed by atoms with Crippen molar-refractivity contribution in [2.24, 2.45) is 0 Å². The number of rotatable bonds is 6. The number of pyridine rings is 1.